The van der Waals surface area contributed by atoms with Gasteiger partial charge in [-0.3, -0.25) is 4.99 Å². The lowest BCUT2D eigenvalue weighted by Gasteiger charge is -2.28. The Hall–Kier alpha value is -0.980. The van der Waals surface area contributed by atoms with Crippen LogP contribution in [0.5, 0.6) is 5.75 Å². The fourth-order valence-corrected chi connectivity index (χ4v) is 3.63. The summed E-state index contributed by atoms with van der Waals surface area (Å²) in [6.07, 6.45) is 6.28. The largest absolute Gasteiger partial charge is 0.493 e. The van der Waals surface area contributed by atoms with Crippen LogP contribution in [-0.4, -0.2) is 25.7 Å². The second kappa shape index (κ2) is 8.92. The fraction of sp³-hybridized carbons (Fsp3) is 0.632. The minimum absolute atomic E-state index is 0. The average Bonchev–Trinajstić information content (AvgIpc) is 3.00. The topological polar surface area (TPSA) is 45.7 Å². The number of ether oxygens (including phenoxy) is 1. The Morgan fingerprint density at radius 3 is 2.79 bits per heavy atom. The van der Waals surface area contributed by atoms with E-state index >= 15 is 0 Å². The van der Waals surface area contributed by atoms with Crippen molar-refractivity contribution in [3.8, 4) is 5.75 Å². The number of rotatable bonds is 4. The van der Waals surface area contributed by atoms with Gasteiger partial charge in [0, 0.05) is 25.1 Å². The van der Waals surface area contributed by atoms with Crippen LogP contribution in [-0.2, 0) is 0 Å². The second-order valence-corrected chi connectivity index (χ2v) is 7.08. The van der Waals surface area contributed by atoms with Crippen molar-refractivity contribution in [2.45, 2.75) is 52.0 Å². The van der Waals surface area contributed by atoms with Crippen molar-refractivity contribution in [2.75, 3.05) is 19.7 Å². The molecule has 1 heterocycles. The van der Waals surface area contributed by atoms with Gasteiger partial charge >= 0.3 is 0 Å². The number of nitrogens with zero attached hydrogens (tertiary/aromatic N) is 1. The minimum Gasteiger partial charge on any atom is -0.493 e. The summed E-state index contributed by atoms with van der Waals surface area (Å²) >= 11 is 0. The van der Waals surface area contributed by atoms with Gasteiger partial charge in [-0.25, -0.2) is 0 Å². The maximum absolute atomic E-state index is 5.75. The van der Waals surface area contributed by atoms with Crippen LogP contribution in [0.25, 0.3) is 0 Å². The van der Waals surface area contributed by atoms with Crippen molar-refractivity contribution >= 4 is 29.9 Å². The third kappa shape index (κ3) is 4.77. The van der Waals surface area contributed by atoms with Gasteiger partial charge in [0.15, 0.2) is 5.96 Å². The number of para-hydroxylation sites is 1. The monoisotopic (exact) mass is 443 g/mol. The van der Waals surface area contributed by atoms with Gasteiger partial charge in [0.1, 0.15) is 5.75 Å². The molecule has 1 aromatic rings. The number of nitrogens with one attached hydrogen (secondary N) is 2. The molecule has 0 radical (unpaired) electrons. The first-order valence-electron chi connectivity index (χ1n) is 8.97. The molecule has 0 aromatic heterocycles. The Kier molecular flexibility index (Phi) is 7.19. The van der Waals surface area contributed by atoms with Crippen LogP contribution in [0.1, 0.15) is 57.6 Å². The van der Waals surface area contributed by atoms with E-state index in [1.165, 1.54) is 31.2 Å². The molecule has 1 unspecified atom stereocenters. The van der Waals surface area contributed by atoms with E-state index in [1.54, 1.807) is 0 Å². The molecule has 1 saturated carbocycles. The van der Waals surface area contributed by atoms with Gasteiger partial charge in [0.05, 0.1) is 12.6 Å². The van der Waals surface area contributed by atoms with Gasteiger partial charge in [-0.2, -0.15) is 0 Å². The summed E-state index contributed by atoms with van der Waals surface area (Å²) < 4.78 is 5.75. The molecule has 1 fully saturated rings. The van der Waals surface area contributed by atoms with Crippen molar-refractivity contribution in [2.24, 2.45) is 10.4 Å². The number of hydrogen-bond acceptors (Lipinski definition) is 2. The van der Waals surface area contributed by atoms with Crippen LogP contribution in [0.15, 0.2) is 29.3 Å². The number of halogens is 1. The summed E-state index contributed by atoms with van der Waals surface area (Å²) in [4.78, 5) is 4.89. The van der Waals surface area contributed by atoms with Crippen molar-refractivity contribution in [3.63, 3.8) is 0 Å². The highest BCUT2D eigenvalue weighted by Crippen LogP contribution is 2.37. The van der Waals surface area contributed by atoms with Crippen molar-refractivity contribution < 1.29 is 4.74 Å². The van der Waals surface area contributed by atoms with Crippen LogP contribution in [0.2, 0.25) is 0 Å². The molecule has 2 aliphatic rings. The van der Waals surface area contributed by atoms with Gasteiger partial charge in [-0.05, 0) is 31.2 Å². The SMILES string of the molecule is CCNC(=NCC1(C)CCCC1)NC1CCOc2ccccc21.I. The minimum atomic E-state index is 0. The molecule has 1 aliphatic carbocycles. The van der Waals surface area contributed by atoms with Gasteiger partial charge in [-0.15, -0.1) is 24.0 Å². The first-order chi connectivity index (χ1) is 11.2. The summed E-state index contributed by atoms with van der Waals surface area (Å²) in [6.45, 7) is 7.04. The Bertz CT molecular complexity index is 555. The third-order valence-electron chi connectivity index (χ3n) is 5.04. The molecule has 3 rings (SSSR count). The lowest BCUT2D eigenvalue weighted by molar-refractivity contribution is 0.261. The molecule has 0 bridgehead atoms. The molecule has 0 amide bonds. The first kappa shape index (κ1) is 19.3. The zero-order chi connectivity index (χ0) is 16.1. The molecular weight excluding hydrogens is 413 g/mol. The van der Waals surface area contributed by atoms with E-state index in [-0.39, 0.29) is 30.0 Å². The van der Waals surface area contributed by atoms with E-state index in [4.69, 9.17) is 9.73 Å². The van der Waals surface area contributed by atoms with Crippen LogP contribution >= 0.6 is 24.0 Å². The van der Waals surface area contributed by atoms with Gasteiger partial charge in [0.2, 0.25) is 0 Å². The maximum Gasteiger partial charge on any atom is 0.191 e. The van der Waals surface area contributed by atoms with Crippen LogP contribution < -0.4 is 15.4 Å². The third-order valence-corrected chi connectivity index (χ3v) is 5.04. The van der Waals surface area contributed by atoms with E-state index in [9.17, 15) is 0 Å². The Morgan fingerprint density at radius 1 is 1.29 bits per heavy atom. The zero-order valence-electron chi connectivity index (χ0n) is 14.8. The molecule has 4 nitrogen and oxygen atoms in total. The van der Waals surface area contributed by atoms with Crippen molar-refractivity contribution in [3.05, 3.63) is 29.8 Å². The summed E-state index contributed by atoms with van der Waals surface area (Å²) in [5.41, 5.74) is 1.62. The van der Waals surface area contributed by atoms with Crippen molar-refractivity contribution in [1.29, 1.82) is 0 Å². The fourth-order valence-electron chi connectivity index (χ4n) is 3.63. The molecule has 0 saturated heterocycles. The van der Waals surface area contributed by atoms with Crippen LogP contribution in [0.4, 0.5) is 0 Å². The molecule has 1 aliphatic heterocycles. The summed E-state index contributed by atoms with van der Waals surface area (Å²) in [5.74, 6) is 1.93. The predicted octanol–water partition coefficient (Wildman–Crippen LogP) is 4.26. The number of hydrogen-bond donors (Lipinski definition) is 2. The van der Waals surface area contributed by atoms with Gasteiger partial charge in [0.25, 0.3) is 0 Å². The predicted molar refractivity (Wildman–Crippen MR) is 110 cm³/mol. The molecule has 1 aromatic carbocycles. The zero-order valence-corrected chi connectivity index (χ0v) is 17.1. The van der Waals surface area contributed by atoms with E-state index < -0.39 is 0 Å². The van der Waals surface area contributed by atoms with E-state index in [0.717, 1.165) is 37.8 Å². The van der Waals surface area contributed by atoms with Gasteiger partial charge in [-0.1, -0.05) is 38.0 Å². The summed E-state index contributed by atoms with van der Waals surface area (Å²) in [7, 11) is 0. The number of fused-ring (bicyclic) bond motifs is 1. The first-order valence-corrected chi connectivity index (χ1v) is 8.97. The van der Waals surface area contributed by atoms with Gasteiger partial charge < -0.3 is 15.4 Å². The maximum atomic E-state index is 5.75. The van der Waals surface area contributed by atoms with E-state index in [2.05, 4.69) is 36.6 Å². The van der Waals surface area contributed by atoms with E-state index in [0.29, 0.717) is 5.41 Å². The lowest BCUT2D eigenvalue weighted by atomic mass is 9.89. The number of guanidine groups is 1. The normalized spacial score (nSPS) is 22.1. The quantitative estimate of drug-likeness (QED) is 0.415. The highest BCUT2D eigenvalue weighted by atomic mass is 127. The molecular formula is C19H30IN3O. The molecule has 1 atom stereocenters. The molecule has 5 heteroatoms. The second-order valence-electron chi connectivity index (χ2n) is 7.08. The molecule has 24 heavy (non-hydrogen) atoms. The average molecular weight is 443 g/mol. The van der Waals surface area contributed by atoms with E-state index in [1.807, 2.05) is 12.1 Å². The van der Waals surface area contributed by atoms with Crippen molar-refractivity contribution in [1.82, 2.24) is 10.6 Å². The Morgan fingerprint density at radius 2 is 2.04 bits per heavy atom. The Balaban J connectivity index is 0.00000208. The lowest BCUT2D eigenvalue weighted by Crippen LogP contribution is -2.41. The molecule has 134 valence electrons. The number of benzene rings is 1. The highest BCUT2D eigenvalue weighted by molar-refractivity contribution is 14.0. The molecule has 0 spiro atoms. The van der Waals surface area contributed by atoms with Crippen LogP contribution in [0.3, 0.4) is 0 Å². The summed E-state index contributed by atoms with van der Waals surface area (Å²) in [6, 6.07) is 8.57. The molecule has 2 N–H and O–H groups in total. The van der Waals surface area contributed by atoms with Crippen LogP contribution in [0, 0.1) is 5.41 Å². The standard InChI is InChI=1S/C19H29N3O.HI/c1-3-20-18(21-14-19(2)11-6-7-12-19)22-16-10-13-23-17-9-5-4-8-15(16)17;/h4-5,8-9,16H,3,6-7,10-14H2,1-2H3,(H2,20,21,22);1H. The Labute approximate surface area is 162 Å². The smallest absolute Gasteiger partial charge is 0.191 e. The summed E-state index contributed by atoms with van der Waals surface area (Å²) in [5, 5.41) is 7.01. The number of aliphatic imine (C=N–C) groups is 1. The highest BCUT2D eigenvalue weighted by Gasteiger charge is 2.28.